The second kappa shape index (κ2) is 11.8. The standard InChI is InChI=1S/C21H28FN3O3/c1-3-23-21(24-11-10-16-4-7-18(22)8-5-16)25-15-17-6-9-19(28-13-12-26)20(14-17)27-2/h4-9,14,26H,3,10-13,15H2,1-2H3,(H2,23,24,25). The molecule has 7 heteroatoms. The molecule has 0 aliphatic heterocycles. The quantitative estimate of drug-likeness (QED) is 0.430. The summed E-state index contributed by atoms with van der Waals surface area (Å²) in [4.78, 5) is 4.59. The van der Waals surface area contributed by atoms with Crippen molar-refractivity contribution in [3.05, 3.63) is 59.4 Å². The fourth-order valence-corrected chi connectivity index (χ4v) is 2.57. The molecule has 0 atom stereocenters. The molecule has 0 fully saturated rings. The first-order chi connectivity index (χ1) is 13.7. The number of benzene rings is 2. The maximum absolute atomic E-state index is 13.0. The van der Waals surface area contributed by atoms with Crippen LogP contribution in [0.2, 0.25) is 0 Å². The Morgan fingerprint density at radius 2 is 1.82 bits per heavy atom. The van der Waals surface area contributed by atoms with E-state index in [1.807, 2.05) is 25.1 Å². The van der Waals surface area contributed by atoms with Crippen LogP contribution in [0.25, 0.3) is 0 Å². The number of hydrogen-bond acceptors (Lipinski definition) is 4. The van der Waals surface area contributed by atoms with Gasteiger partial charge in [0.2, 0.25) is 0 Å². The number of ether oxygens (including phenoxy) is 2. The second-order valence-corrected chi connectivity index (χ2v) is 6.06. The van der Waals surface area contributed by atoms with E-state index in [4.69, 9.17) is 14.6 Å². The molecular weight excluding hydrogens is 361 g/mol. The van der Waals surface area contributed by atoms with E-state index in [0.717, 1.165) is 24.1 Å². The zero-order valence-electron chi connectivity index (χ0n) is 16.4. The van der Waals surface area contributed by atoms with Crippen LogP contribution >= 0.6 is 0 Å². The highest BCUT2D eigenvalue weighted by atomic mass is 19.1. The lowest BCUT2D eigenvalue weighted by atomic mass is 10.1. The molecule has 28 heavy (non-hydrogen) atoms. The monoisotopic (exact) mass is 389 g/mol. The zero-order valence-corrected chi connectivity index (χ0v) is 16.4. The summed E-state index contributed by atoms with van der Waals surface area (Å²) >= 11 is 0. The van der Waals surface area contributed by atoms with Gasteiger partial charge in [0.05, 0.1) is 20.3 Å². The molecule has 0 amide bonds. The fraction of sp³-hybridized carbons (Fsp3) is 0.381. The predicted octanol–water partition coefficient (Wildman–Crippen LogP) is 2.50. The minimum atomic E-state index is -0.227. The number of aliphatic hydroxyl groups is 1. The van der Waals surface area contributed by atoms with Crippen molar-refractivity contribution >= 4 is 5.96 Å². The van der Waals surface area contributed by atoms with E-state index in [9.17, 15) is 4.39 Å². The molecule has 3 N–H and O–H groups in total. The molecule has 2 aromatic rings. The van der Waals surface area contributed by atoms with Gasteiger partial charge in [0.1, 0.15) is 12.4 Å². The Morgan fingerprint density at radius 3 is 2.50 bits per heavy atom. The summed E-state index contributed by atoms with van der Waals surface area (Å²) in [7, 11) is 1.58. The van der Waals surface area contributed by atoms with E-state index in [1.165, 1.54) is 12.1 Å². The number of nitrogens with zero attached hydrogens (tertiary/aromatic N) is 1. The van der Waals surface area contributed by atoms with E-state index in [2.05, 4.69) is 15.6 Å². The molecule has 0 heterocycles. The van der Waals surface area contributed by atoms with Gasteiger partial charge in [0, 0.05) is 13.1 Å². The Balaban J connectivity index is 1.94. The minimum absolute atomic E-state index is 0.0508. The second-order valence-electron chi connectivity index (χ2n) is 6.06. The SMILES string of the molecule is CCNC(=NCc1ccc(OCCO)c(OC)c1)NCCc1ccc(F)cc1. The van der Waals surface area contributed by atoms with Crippen LogP contribution < -0.4 is 20.1 Å². The Kier molecular flexibility index (Phi) is 9.07. The maximum atomic E-state index is 13.0. The summed E-state index contributed by atoms with van der Waals surface area (Å²) in [5, 5.41) is 15.4. The van der Waals surface area contributed by atoms with Crippen molar-refractivity contribution < 1.29 is 19.0 Å². The van der Waals surface area contributed by atoms with Crippen molar-refractivity contribution in [2.24, 2.45) is 4.99 Å². The lowest BCUT2D eigenvalue weighted by molar-refractivity contribution is 0.196. The molecule has 0 unspecified atom stereocenters. The van der Waals surface area contributed by atoms with Crippen molar-refractivity contribution in [2.75, 3.05) is 33.4 Å². The van der Waals surface area contributed by atoms with Gasteiger partial charge in [-0.05, 0) is 48.7 Å². The summed E-state index contributed by atoms with van der Waals surface area (Å²) in [6, 6.07) is 12.1. The first-order valence-corrected chi connectivity index (χ1v) is 9.33. The molecule has 0 aliphatic carbocycles. The van der Waals surface area contributed by atoms with E-state index >= 15 is 0 Å². The minimum Gasteiger partial charge on any atom is -0.493 e. The third-order valence-corrected chi connectivity index (χ3v) is 3.96. The number of hydrogen-bond donors (Lipinski definition) is 3. The van der Waals surface area contributed by atoms with E-state index in [-0.39, 0.29) is 19.0 Å². The molecule has 0 spiro atoms. The van der Waals surface area contributed by atoms with Crippen LogP contribution in [-0.4, -0.2) is 44.5 Å². The molecule has 0 aromatic heterocycles. The fourth-order valence-electron chi connectivity index (χ4n) is 2.57. The summed E-state index contributed by atoms with van der Waals surface area (Å²) < 4.78 is 23.8. The number of nitrogens with one attached hydrogen (secondary N) is 2. The molecule has 0 saturated heterocycles. The van der Waals surface area contributed by atoms with Crippen molar-refractivity contribution in [1.82, 2.24) is 10.6 Å². The molecule has 2 aromatic carbocycles. The van der Waals surface area contributed by atoms with Gasteiger partial charge in [-0.1, -0.05) is 18.2 Å². The lowest BCUT2D eigenvalue weighted by Gasteiger charge is -2.13. The molecule has 6 nitrogen and oxygen atoms in total. The van der Waals surface area contributed by atoms with E-state index < -0.39 is 0 Å². The third kappa shape index (κ3) is 7.08. The molecule has 0 saturated carbocycles. The Hall–Kier alpha value is -2.80. The summed E-state index contributed by atoms with van der Waals surface area (Å²) in [5.41, 5.74) is 2.04. The molecule has 0 bridgehead atoms. The van der Waals surface area contributed by atoms with Gasteiger partial charge in [-0.3, -0.25) is 0 Å². The zero-order chi connectivity index (χ0) is 20.2. The van der Waals surface area contributed by atoms with Gasteiger partial charge in [0.25, 0.3) is 0 Å². The molecule has 152 valence electrons. The van der Waals surface area contributed by atoms with Gasteiger partial charge in [-0.2, -0.15) is 0 Å². The molecule has 0 aliphatic rings. The van der Waals surface area contributed by atoms with E-state index in [0.29, 0.717) is 30.5 Å². The summed E-state index contributed by atoms with van der Waals surface area (Å²) in [5.74, 6) is 1.68. The number of aliphatic hydroxyl groups excluding tert-OH is 1. The number of halogens is 1. The number of aliphatic imine (C=N–C) groups is 1. The van der Waals surface area contributed by atoms with Crippen molar-refractivity contribution in [3.63, 3.8) is 0 Å². The van der Waals surface area contributed by atoms with Crippen LogP contribution in [0.3, 0.4) is 0 Å². The average Bonchev–Trinajstić information content (AvgIpc) is 2.72. The maximum Gasteiger partial charge on any atom is 0.191 e. The Labute approximate surface area is 165 Å². The average molecular weight is 389 g/mol. The molecule has 2 rings (SSSR count). The van der Waals surface area contributed by atoms with E-state index in [1.54, 1.807) is 19.2 Å². The summed E-state index contributed by atoms with van der Waals surface area (Å²) in [6.07, 6.45) is 0.773. The number of methoxy groups -OCH3 is 1. The van der Waals surface area contributed by atoms with Gasteiger partial charge >= 0.3 is 0 Å². The lowest BCUT2D eigenvalue weighted by Crippen LogP contribution is -2.38. The van der Waals surface area contributed by atoms with Crippen molar-refractivity contribution in [3.8, 4) is 11.5 Å². The van der Waals surface area contributed by atoms with Crippen molar-refractivity contribution in [2.45, 2.75) is 19.9 Å². The van der Waals surface area contributed by atoms with Gasteiger partial charge in [-0.15, -0.1) is 0 Å². The predicted molar refractivity (Wildman–Crippen MR) is 108 cm³/mol. The largest absolute Gasteiger partial charge is 0.493 e. The number of rotatable bonds is 10. The summed E-state index contributed by atoms with van der Waals surface area (Å²) in [6.45, 7) is 4.09. The van der Waals surface area contributed by atoms with Crippen LogP contribution in [0, 0.1) is 5.82 Å². The van der Waals surface area contributed by atoms with Crippen LogP contribution in [-0.2, 0) is 13.0 Å². The molecule has 0 radical (unpaired) electrons. The Bertz CT molecular complexity index is 751. The van der Waals surface area contributed by atoms with Crippen LogP contribution in [0.15, 0.2) is 47.5 Å². The van der Waals surface area contributed by atoms with Crippen LogP contribution in [0.4, 0.5) is 4.39 Å². The van der Waals surface area contributed by atoms with Crippen LogP contribution in [0.5, 0.6) is 11.5 Å². The normalized spacial score (nSPS) is 11.2. The first kappa shape index (κ1) is 21.5. The highest BCUT2D eigenvalue weighted by molar-refractivity contribution is 5.79. The smallest absolute Gasteiger partial charge is 0.191 e. The number of guanidine groups is 1. The first-order valence-electron chi connectivity index (χ1n) is 9.33. The van der Waals surface area contributed by atoms with Gasteiger partial charge < -0.3 is 25.2 Å². The highest BCUT2D eigenvalue weighted by Gasteiger charge is 2.06. The Morgan fingerprint density at radius 1 is 1.07 bits per heavy atom. The van der Waals surface area contributed by atoms with Crippen molar-refractivity contribution in [1.29, 1.82) is 0 Å². The van der Waals surface area contributed by atoms with Crippen LogP contribution in [0.1, 0.15) is 18.1 Å². The van der Waals surface area contributed by atoms with Gasteiger partial charge in [0.15, 0.2) is 17.5 Å². The van der Waals surface area contributed by atoms with Gasteiger partial charge in [-0.25, -0.2) is 9.38 Å². The topological polar surface area (TPSA) is 75.1 Å². The highest BCUT2D eigenvalue weighted by Crippen LogP contribution is 2.28. The molecular formula is C21H28FN3O3. The third-order valence-electron chi connectivity index (χ3n) is 3.96.